The maximum absolute atomic E-state index is 2.18. The molecule has 0 aliphatic heterocycles. The van der Waals surface area contributed by atoms with Crippen molar-refractivity contribution >= 4 is 0 Å². The molecular weight excluding hydrogens is 480 g/mol. The molecule has 0 heteroatoms. The summed E-state index contributed by atoms with van der Waals surface area (Å²) in [5.41, 5.74) is 0. The molecule has 1 aromatic rings. The first kappa shape index (κ1) is 57.5. The minimum absolute atomic E-state index is 1.23. The molecule has 0 unspecified atom stereocenters. The standard InChI is InChI=1S/3C6H8.C6H6.8C2H6/c4*1-2-4-6-5-3-1;8*1-2/h3*1-4H,5-6H2;1-6H;8*1-2H3. The van der Waals surface area contributed by atoms with Crippen LogP contribution in [0.1, 0.15) is 149 Å². The molecule has 0 radical (unpaired) electrons. The molecule has 0 fully saturated rings. The zero-order chi connectivity index (χ0) is 33.0. The van der Waals surface area contributed by atoms with Crippen LogP contribution in [0.15, 0.2) is 109 Å². The highest BCUT2D eigenvalue weighted by Gasteiger charge is 1.78. The van der Waals surface area contributed by atoms with Crippen LogP contribution in [0.5, 0.6) is 0 Å². The van der Waals surface area contributed by atoms with E-state index in [1.54, 1.807) is 0 Å². The van der Waals surface area contributed by atoms with E-state index in [4.69, 9.17) is 0 Å². The molecule has 3 aliphatic rings. The van der Waals surface area contributed by atoms with E-state index < -0.39 is 0 Å². The van der Waals surface area contributed by atoms with E-state index in [0.29, 0.717) is 0 Å². The van der Waals surface area contributed by atoms with E-state index in [1.807, 2.05) is 147 Å². The summed E-state index contributed by atoms with van der Waals surface area (Å²) in [6.07, 6.45) is 33.0. The van der Waals surface area contributed by atoms with Crippen LogP contribution in [0.4, 0.5) is 0 Å². The van der Waals surface area contributed by atoms with Gasteiger partial charge in [0.2, 0.25) is 0 Å². The maximum atomic E-state index is 2.18. The molecular formula is C40H78. The molecule has 0 saturated carbocycles. The van der Waals surface area contributed by atoms with Crippen molar-refractivity contribution in [2.75, 3.05) is 0 Å². The Morgan fingerprint density at radius 3 is 0.350 bits per heavy atom. The summed E-state index contributed by atoms with van der Waals surface area (Å²) in [5, 5.41) is 0. The van der Waals surface area contributed by atoms with E-state index in [1.165, 1.54) is 38.5 Å². The summed E-state index contributed by atoms with van der Waals surface area (Å²) >= 11 is 0. The van der Waals surface area contributed by atoms with Crippen molar-refractivity contribution in [3.63, 3.8) is 0 Å². The van der Waals surface area contributed by atoms with Crippen LogP contribution in [-0.4, -0.2) is 0 Å². The average molecular weight is 559 g/mol. The Hall–Kier alpha value is -2.34. The Morgan fingerprint density at radius 1 is 0.200 bits per heavy atom. The first-order chi connectivity index (χ1) is 20.0. The van der Waals surface area contributed by atoms with Gasteiger partial charge in [0.1, 0.15) is 0 Å². The lowest BCUT2D eigenvalue weighted by Crippen LogP contribution is -1.67. The van der Waals surface area contributed by atoms with Crippen LogP contribution in [0.2, 0.25) is 0 Å². The SMILES string of the molecule is C1=CCCC=C1.C1=CCCC=C1.C1=CCCC=C1.CC.CC.CC.CC.CC.CC.CC.CC.c1ccccc1. The average Bonchev–Trinajstić information content (AvgIpc) is 3.15. The van der Waals surface area contributed by atoms with Crippen LogP contribution in [0.3, 0.4) is 0 Å². The van der Waals surface area contributed by atoms with Crippen molar-refractivity contribution in [1.29, 1.82) is 0 Å². The lowest BCUT2D eigenvalue weighted by atomic mass is 10.2. The minimum atomic E-state index is 1.23. The third-order valence-electron chi connectivity index (χ3n) is 3.32. The van der Waals surface area contributed by atoms with Gasteiger partial charge in [-0.05, 0) is 38.5 Å². The van der Waals surface area contributed by atoms with Crippen molar-refractivity contribution in [2.45, 2.75) is 149 Å². The van der Waals surface area contributed by atoms with Crippen molar-refractivity contribution < 1.29 is 0 Å². The van der Waals surface area contributed by atoms with Crippen LogP contribution in [0.25, 0.3) is 0 Å². The zero-order valence-electron chi connectivity index (χ0n) is 30.6. The van der Waals surface area contributed by atoms with Gasteiger partial charge in [-0.3, -0.25) is 0 Å². The highest BCUT2D eigenvalue weighted by Crippen LogP contribution is 1.99. The second-order valence-corrected chi connectivity index (χ2v) is 5.46. The van der Waals surface area contributed by atoms with Crippen LogP contribution >= 0.6 is 0 Å². The van der Waals surface area contributed by atoms with E-state index in [2.05, 4.69) is 72.9 Å². The third-order valence-corrected chi connectivity index (χ3v) is 3.32. The lowest BCUT2D eigenvalue weighted by molar-refractivity contribution is 1.04. The molecule has 0 nitrogen and oxygen atoms in total. The van der Waals surface area contributed by atoms with E-state index >= 15 is 0 Å². The predicted molar refractivity (Wildman–Crippen MR) is 200 cm³/mol. The summed E-state index contributed by atoms with van der Waals surface area (Å²) in [4.78, 5) is 0. The molecule has 0 spiro atoms. The smallest absolute Gasteiger partial charge is 0.0313 e. The molecule has 0 atom stereocenters. The second-order valence-electron chi connectivity index (χ2n) is 5.46. The molecule has 3 aliphatic carbocycles. The summed E-state index contributed by atoms with van der Waals surface area (Å²) in [7, 11) is 0. The van der Waals surface area contributed by atoms with Crippen molar-refractivity contribution in [3.05, 3.63) is 109 Å². The monoisotopic (exact) mass is 559 g/mol. The third kappa shape index (κ3) is 91.3. The Balaban J connectivity index is -0.0000000489. The normalized spacial score (nSPS) is 10.8. The summed E-state index contributed by atoms with van der Waals surface area (Å²) in [6, 6.07) is 12.0. The number of allylic oxidation sites excluding steroid dienone is 12. The van der Waals surface area contributed by atoms with Gasteiger partial charge >= 0.3 is 0 Å². The summed E-state index contributed by atoms with van der Waals surface area (Å²) < 4.78 is 0. The molecule has 0 saturated heterocycles. The largest absolute Gasteiger partial charge is 0.0842 e. The van der Waals surface area contributed by atoms with E-state index in [0.717, 1.165) is 0 Å². The van der Waals surface area contributed by atoms with Gasteiger partial charge in [-0.2, -0.15) is 0 Å². The fourth-order valence-electron chi connectivity index (χ4n) is 2.01. The van der Waals surface area contributed by atoms with Gasteiger partial charge in [0.05, 0.1) is 0 Å². The molecule has 4 rings (SSSR count). The van der Waals surface area contributed by atoms with Crippen molar-refractivity contribution in [3.8, 4) is 0 Å². The van der Waals surface area contributed by atoms with Gasteiger partial charge in [0, 0.05) is 0 Å². The Labute approximate surface area is 258 Å². The highest BCUT2D eigenvalue weighted by molar-refractivity contribution is 5.08. The fourth-order valence-corrected chi connectivity index (χ4v) is 2.01. The van der Waals surface area contributed by atoms with E-state index in [-0.39, 0.29) is 0 Å². The number of benzene rings is 1. The quantitative estimate of drug-likeness (QED) is 0.297. The second kappa shape index (κ2) is 99.4. The molecule has 0 heterocycles. The van der Waals surface area contributed by atoms with Crippen LogP contribution < -0.4 is 0 Å². The maximum Gasteiger partial charge on any atom is -0.0313 e. The Morgan fingerprint density at radius 2 is 0.300 bits per heavy atom. The topological polar surface area (TPSA) is 0 Å². The van der Waals surface area contributed by atoms with Gasteiger partial charge in [-0.15, -0.1) is 0 Å². The van der Waals surface area contributed by atoms with Gasteiger partial charge < -0.3 is 0 Å². The first-order valence-electron chi connectivity index (χ1n) is 16.9. The van der Waals surface area contributed by atoms with Gasteiger partial charge in [-0.25, -0.2) is 0 Å². The Bertz CT molecular complexity index is 419. The van der Waals surface area contributed by atoms with Gasteiger partial charge in [0.15, 0.2) is 0 Å². The number of rotatable bonds is 0. The molecule has 238 valence electrons. The van der Waals surface area contributed by atoms with Crippen molar-refractivity contribution in [2.24, 2.45) is 0 Å². The van der Waals surface area contributed by atoms with Gasteiger partial charge in [-0.1, -0.05) is 220 Å². The molecule has 0 amide bonds. The van der Waals surface area contributed by atoms with E-state index in [9.17, 15) is 0 Å². The summed E-state index contributed by atoms with van der Waals surface area (Å²) in [5.74, 6) is 0. The van der Waals surface area contributed by atoms with Crippen LogP contribution in [-0.2, 0) is 0 Å². The Kier molecular flexibility index (Phi) is 143. The minimum Gasteiger partial charge on any atom is -0.0842 e. The molecule has 0 aromatic heterocycles. The molecule has 40 heavy (non-hydrogen) atoms. The van der Waals surface area contributed by atoms with Crippen LogP contribution in [0, 0.1) is 0 Å². The van der Waals surface area contributed by atoms with Gasteiger partial charge in [0.25, 0.3) is 0 Å². The first-order valence-corrected chi connectivity index (χ1v) is 16.9. The molecule has 0 bridgehead atoms. The predicted octanol–water partition coefficient (Wildman–Crippen LogP) is 15.6. The highest BCUT2D eigenvalue weighted by atomic mass is 13.8. The van der Waals surface area contributed by atoms with Crippen molar-refractivity contribution in [1.82, 2.24) is 0 Å². The summed E-state index contributed by atoms with van der Waals surface area (Å²) in [6.45, 7) is 32.0. The molecule has 1 aromatic carbocycles. The lowest BCUT2D eigenvalue weighted by Gasteiger charge is -1.88. The fraction of sp³-hybridized carbons (Fsp3) is 0.550. The number of hydrogen-bond acceptors (Lipinski definition) is 0. The molecule has 0 N–H and O–H groups in total. The zero-order valence-corrected chi connectivity index (χ0v) is 30.6. The number of hydrogen-bond donors (Lipinski definition) is 0.